The number of rotatable bonds is 3. The minimum atomic E-state index is 0.502. The van der Waals surface area contributed by atoms with Gasteiger partial charge in [-0.25, -0.2) is 9.97 Å². The van der Waals surface area contributed by atoms with E-state index in [1.54, 1.807) is 35.5 Å². The van der Waals surface area contributed by atoms with Gasteiger partial charge in [-0.1, -0.05) is 30.0 Å². The number of fused-ring (bicyclic) bond motifs is 1. The van der Waals surface area contributed by atoms with Crippen LogP contribution in [0.1, 0.15) is 5.56 Å². The second kappa shape index (κ2) is 4.96. The number of thiophene rings is 1. The summed E-state index contributed by atoms with van der Waals surface area (Å²) in [6, 6.07) is 8.43. The Morgan fingerprint density at radius 3 is 2.89 bits per heavy atom. The number of nitrogen functional groups attached to an aromatic ring is 1. The van der Waals surface area contributed by atoms with Crippen LogP contribution in [0.5, 0.6) is 0 Å². The first kappa shape index (κ1) is 11.5. The molecule has 0 saturated carbocycles. The number of nitrogens with two attached hydrogens (primary N) is 1. The molecule has 0 fully saturated rings. The van der Waals surface area contributed by atoms with Crippen LogP contribution < -0.4 is 5.73 Å². The summed E-state index contributed by atoms with van der Waals surface area (Å²) in [5.41, 5.74) is 7.11. The summed E-state index contributed by atoms with van der Waals surface area (Å²) in [7, 11) is 0. The van der Waals surface area contributed by atoms with E-state index in [-0.39, 0.29) is 0 Å². The first-order chi connectivity index (χ1) is 8.84. The summed E-state index contributed by atoms with van der Waals surface area (Å²) < 4.78 is 1.32. The van der Waals surface area contributed by atoms with E-state index in [1.807, 2.05) is 0 Å². The van der Waals surface area contributed by atoms with Crippen molar-refractivity contribution in [3.05, 3.63) is 47.6 Å². The van der Waals surface area contributed by atoms with Crippen LogP contribution in [0.15, 0.2) is 47.1 Å². The van der Waals surface area contributed by atoms with Gasteiger partial charge in [-0.15, -0.1) is 11.3 Å². The lowest BCUT2D eigenvalue weighted by atomic mass is 10.2. The van der Waals surface area contributed by atoms with Crippen LogP contribution in [0, 0.1) is 0 Å². The van der Waals surface area contributed by atoms with E-state index in [4.69, 9.17) is 5.73 Å². The zero-order valence-corrected chi connectivity index (χ0v) is 11.2. The molecule has 3 nitrogen and oxygen atoms in total. The number of benzene rings is 1. The molecule has 3 rings (SSSR count). The lowest BCUT2D eigenvalue weighted by molar-refractivity contribution is 1.07. The van der Waals surface area contributed by atoms with Crippen LogP contribution in [-0.4, -0.2) is 9.97 Å². The van der Waals surface area contributed by atoms with Crippen molar-refractivity contribution in [2.45, 2.75) is 10.8 Å². The van der Waals surface area contributed by atoms with E-state index in [0.29, 0.717) is 5.82 Å². The molecule has 3 aromatic rings. The van der Waals surface area contributed by atoms with Gasteiger partial charge in [0.2, 0.25) is 0 Å². The predicted octanol–water partition coefficient (Wildman–Crippen LogP) is 3.57. The molecule has 2 N–H and O–H groups in total. The predicted molar refractivity (Wildman–Crippen MR) is 77.8 cm³/mol. The molecule has 0 radical (unpaired) electrons. The minimum absolute atomic E-state index is 0.502. The third-order valence-corrected chi connectivity index (χ3v) is 4.67. The number of thioether (sulfide) groups is 1. The first-order valence-corrected chi connectivity index (χ1v) is 7.35. The Hall–Kier alpha value is -1.59. The van der Waals surface area contributed by atoms with E-state index >= 15 is 0 Å². The molecule has 2 aromatic heterocycles. The summed E-state index contributed by atoms with van der Waals surface area (Å²) in [4.78, 5) is 8.28. The SMILES string of the molecule is Nc1nccnc1SCc1csc2ccccc12. The summed E-state index contributed by atoms with van der Waals surface area (Å²) in [5.74, 6) is 1.37. The monoisotopic (exact) mass is 273 g/mol. The largest absolute Gasteiger partial charge is 0.381 e. The highest BCUT2D eigenvalue weighted by Crippen LogP contribution is 2.31. The quantitative estimate of drug-likeness (QED) is 0.741. The van der Waals surface area contributed by atoms with Crippen LogP contribution in [-0.2, 0) is 5.75 Å². The van der Waals surface area contributed by atoms with Crippen molar-refractivity contribution in [3.63, 3.8) is 0 Å². The van der Waals surface area contributed by atoms with E-state index in [9.17, 15) is 0 Å². The van der Waals surface area contributed by atoms with Gasteiger partial charge in [-0.3, -0.25) is 0 Å². The van der Waals surface area contributed by atoms with Crippen LogP contribution in [0.2, 0.25) is 0 Å². The fourth-order valence-corrected chi connectivity index (χ4v) is 3.67. The second-order valence-corrected chi connectivity index (χ2v) is 5.67. The van der Waals surface area contributed by atoms with Gasteiger partial charge in [-0.05, 0) is 22.4 Å². The van der Waals surface area contributed by atoms with Gasteiger partial charge >= 0.3 is 0 Å². The Balaban J connectivity index is 1.83. The van der Waals surface area contributed by atoms with Crippen molar-refractivity contribution in [2.75, 3.05) is 5.73 Å². The third kappa shape index (κ3) is 2.19. The highest BCUT2D eigenvalue weighted by molar-refractivity contribution is 7.98. The molecule has 0 unspecified atom stereocenters. The Labute approximate surface area is 113 Å². The lowest BCUT2D eigenvalue weighted by Crippen LogP contribution is -1.94. The Kier molecular flexibility index (Phi) is 3.17. The zero-order valence-electron chi connectivity index (χ0n) is 9.54. The normalized spacial score (nSPS) is 10.9. The molecule has 1 aromatic carbocycles. The maximum Gasteiger partial charge on any atom is 0.156 e. The van der Waals surface area contributed by atoms with Crippen molar-refractivity contribution >= 4 is 39.0 Å². The van der Waals surface area contributed by atoms with Crippen LogP contribution >= 0.6 is 23.1 Å². The summed E-state index contributed by atoms with van der Waals surface area (Å²) >= 11 is 3.40. The highest BCUT2D eigenvalue weighted by Gasteiger charge is 2.06. The number of nitrogens with zero attached hydrogens (tertiary/aromatic N) is 2. The van der Waals surface area contributed by atoms with Gasteiger partial charge in [0, 0.05) is 22.8 Å². The molecule has 5 heteroatoms. The standard InChI is InChI=1S/C13H11N3S2/c14-12-13(16-6-5-15-12)18-8-9-7-17-11-4-2-1-3-10(9)11/h1-7H,8H2,(H2,14,15). The zero-order chi connectivity index (χ0) is 12.4. The Morgan fingerprint density at radius 1 is 1.17 bits per heavy atom. The van der Waals surface area contributed by atoms with E-state index in [2.05, 4.69) is 39.6 Å². The van der Waals surface area contributed by atoms with Gasteiger partial charge in [0.05, 0.1) is 0 Å². The lowest BCUT2D eigenvalue weighted by Gasteiger charge is -2.02. The minimum Gasteiger partial charge on any atom is -0.381 e. The highest BCUT2D eigenvalue weighted by atomic mass is 32.2. The summed E-state index contributed by atoms with van der Waals surface area (Å²) in [6.07, 6.45) is 3.28. The molecule has 2 heterocycles. The number of hydrogen-bond donors (Lipinski definition) is 1. The van der Waals surface area contributed by atoms with Crippen LogP contribution in [0.4, 0.5) is 5.82 Å². The van der Waals surface area contributed by atoms with Gasteiger partial charge in [0.15, 0.2) is 5.82 Å². The van der Waals surface area contributed by atoms with E-state index in [0.717, 1.165) is 10.8 Å². The van der Waals surface area contributed by atoms with E-state index < -0.39 is 0 Å². The van der Waals surface area contributed by atoms with Crippen LogP contribution in [0.3, 0.4) is 0 Å². The summed E-state index contributed by atoms with van der Waals surface area (Å²) in [5, 5.41) is 4.31. The fraction of sp³-hybridized carbons (Fsp3) is 0.0769. The molecule has 0 saturated heterocycles. The number of hydrogen-bond acceptors (Lipinski definition) is 5. The Morgan fingerprint density at radius 2 is 2.00 bits per heavy atom. The topological polar surface area (TPSA) is 51.8 Å². The number of anilines is 1. The molecule has 0 aliphatic carbocycles. The van der Waals surface area contributed by atoms with E-state index in [1.165, 1.54) is 15.6 Å². The molecule has 0 spiro atoms. The molecule has 90 valence electrons. The average molecular weight is 273 g/mol. The Bertz CT molecular complexity index is 679. The second-order valence-electron chi connectivity index (χ2n) is 3.79. The molecule has 18 heavy (non-hydrogen) atoms. The maximum atomic E-state index is 5.78. The van der Waals surface area contributed by atoms with Crippen molar-refractivity contribution in [2.24, 2.45) is 0 Å². The van der Waals surface area contributed by atoms with Crippen molar-refractivity contribution in [1.82, 2.24) is 9.97 Å². The molecule has 0 aliphatic rings. The number of aromatic nitrogens is 2. The van der Waals surface area contributed by atoms with Gasteiger partial charge in [0.25, 0.3) is 0 Å². The first-order valence-electron chi connectivity index (χ1n) is 5.49. The van der Waals surface area contributed by atoms with Gasteiger partial charge < -0.3 is 5.73 Å². The molecule has 0 bridgehead atoms. The smallest absolute Gasteiger partial charge is 0.156 e. The van der Waals surface area contributed by atoms with Crippen LogP contribution in [0.25, 0.3) is 10.1 Å². The summed E-state index contributed by atoms with van der Waals surface area (Å²) in [6.45, 7) is 0. The average Bonchev–Trinajstić information content (AvgIpc) is 2.81. The molecule has 0 aliphatic heterocycles. The molecular formula is C13H11N3S2. The molecular weight excluding hydrogens is 262 g/mol. The fourth-order valence-electron chi connectivity index (χ4n) is 1.74. The van der Waals surface area contributed by atoms with Crippen molar-refractivity contribution < 1.29 is 0 Å². The third-order valence-electron chi connectivity index (χ3n) is 2.62. The van der Waals surface area contributed by atoms with Crippen molar-refractivity contribution in [3.8, 4) is 0 Å². The van der Waals surface area contributed by atoms with Gasteiger partial charge in [-0.2, -0.15) is 0 Å². The van der Waals surface area contributed by atoms with Gasteiger partial charge in [0.1, 0.15) is 5.03 Å². The molecule has 0 atom stereocenters. The van der Waals surface area contributed by atoms with Crippen molar-refractivity contribution in [1.29, 1.82) is 0 Å². The maximum absolute atomic E-state index is 5.78. The molecule has 0 amide bonds.